The van der Waals surface area contributed by atoms with E-state index in [1.807, 2.05) is 12.1 Å². The highest BCUT2D eigenvalue weighted by Crippen LogP contribution is 2.57. The van der Waals surface area contributed by atoms with Gasteiger partial charge in [-0.05, 0) is 76.7 Å². The Bertz CT molecular complexity index is 1310. The van der Waals surface area contributed by atoms with Crippen LogP contribution in [0.25, 0.3) is 11.1 Å². The van der Waals surface area contributed by atoms with E-state index >= 15 is 0 Å². The standard InChI is InChI=1S/C30H32N2O4/c1-30(32-13-15-34-16-14-32)25-18-27-26(35-19-36-27)17-24(25)28(20-7-11-23(33-4)12-8-20)29(30)21-5-9-22(10-6-21)31(2)3/h5-12,17-18H,13-16,19H2,1-4H3. The highest BCUT2D eigenvalue weighted by atomic mass is 16.7. The molecule has 6 nitrogen and oxygen atoms in total. The van der Waals surface area contributed by atoms with Crippen molar-refractivity contribution in [1.29, 1.82) is 0 Å². The number of fused-ring (bicyclic) bond motifs is 2. The summed E-state index contributed by atoms with van der Waals surface area (Å²) < 4.78 is 22.9. The summed E-state index contributed by atoms with van der Waals surface area (Å²) in [7, 11) is 5.84. The lowest BCUT2D eigenvalue weighted by atomic mass is 9.81. The number of hydrogen-bond acceptors (Lipinski definition) is 6. The van der Waals surface area contributed by atoms with E-state index in [4.69, 9.17) is 18.9 Å². The van der Waals surface area contributed by atoms with Gasteiger partial charge in [-0.1, -0.05) is 24.3 Å². The van der Waals surface area contributed by atoms with Crippen molar-refractivity contribution in [3.8, 4) is 17.2 Å². The van der Waals surface area contributed by atoms with E-state index in [1.54, 1.807) is 7.11 Å². The molecular formula is C30H32N2O4. The van der Waals surface area contributed by atoms with Crippen LogP contribution in [-0.4, -0.2) is 59.2 Å². The lowest BCUT2D eigenvalue weighted by molar-refractivity contribution is 0.00191. The van der Waals surface area contributed by atoms with Gasteiger partial charge in [0, 0.05) is 32.9 Å². The number of methoxy groups -OCH3 is 1. The Hall–Kier alpha value is -3.48. The minimum Gasteiger partial charge on any atom is -0.497 e. The second-order valence-corrected chi connectivity index (χ2v) is 9.84. The fourth-order valence-electron chi connectivity index (χ4n) is 5.81. The molecule has 0 amide bonds. The Morgan fingerprint density at radius 1 is 0.861 bits per heavy atom. The molecule has 0 saturated carbocycles. The van der Waals surface area contributed by atoms with Crippen molar-refractivity contribution >= 4 is 16.8 Å². The number of rotatable bonds is 5. The first-order chi connectivity index (χ1) is 17.5. The minimum atomic E-state index is -0.366. The molecule has 0 bridgehead atoms. The zero-order valence-electron chi connectivity index (χ0n) is 21.3. The van der Waals surface area contributed by atoms with Crippen molar-refractivity contribution in [2.45, 2.75) is 12.5 Å². The Kier molecular flexibility index (Phi) is 5.66. The minimum absolute atomic E-state index is 0.257. The van der Waals surface area contributed by atoms with Crippen molar-refractivity contribution in [2.75, 3.05) is 59.2 Å². The molecule has 36 heavy (non-hydrogen) atoms. The maximum absolute atomic E-state index is 5.85. The molecule has 6 heteroatoms. The third-order valence-electron chi connectivity index (χ3n) is 7.74. The van der Waals surface area contributed by atoms with E-state index in [-0.39, 0.29) is 12.3 Å². The summed E-state index contributed by atoms with van der Waals surface area (Å²) in [5, 5.41) is 0. The zero-order chi connectivity index (χ0) is 24.9. The fraction of sp³-hybridized carbons (Fsp3) is 0.333. The second-order valence-electron chi connectivity index (χ2n) is 9.84. The molecule has 3 aliphatic rings. The number of morpholine rings is 1. The van der Waals surface area contributed by atoms with Gasteiger partial charge in [0.1, 0.15) is 5.75 Å². The Morgan fingerprint density at radius 2 is 1.50 bits per heavy atom. The van der Waals surface area contributed by atoms with Gasteiger partial charge in [0.25, 0.3) is 0 Å². The lowest BCUT2D eigenvalue weighted by Gasteiger charge is -2.43. The molecule has 3 aromatic rings. The average molecular weight is 485 g/mol. The van der Waals surface area contributed by atoms with E-state index in [2.05, 4.69) is 79.3 Å². The molecule has 1 atom stereocenters. The van der Waals surface area contributed by atoms with Crippen LogP contribution in [0.1, 0.15) is 29.2 Å². The molecular weight excluding hydrogens is 452 g/mol. The van der Waals surface area contributed by atoms with Gasteiger partial charge in [-0.2, -0.15) is 0 Å². The van der Waals surface area contributed by atoms with Crippen molar-refractivity contribution in [3.63, 3.8) is 0 Å². The van der Waals surface area contributed by atoms with Crippen LogP contribution in [0.4, 0.5) is 5.69 Å². The van der Waals surface area contributed by atoms with Gasteiger partial charge in [0.05, 0.1) is 25.9 Å². The monoisotopic (exact) mass is 484 g/mol. The Labute approximate surface area is 212 Å². The molecule has 6 rings (SSSR count). The van der Waals surface area contributed by atoms with Crippen LogP contribution < -0.4 is 19.1 Å². The number of benzene rings is 3. The Balaban J connectivity index is 1.64. The highest BCUT2D eigenvalue weighted by molar-refractivity contribution is 6.07. The topological polar surface area (TPSA) is 43.4 Å². The van der Waals surface area contributed by atoms with Crippen LogP contribution >= 0.6 is 0 Å². The highest BCUT2D eigenvalue weighted by Gasteiger charge is 2.48. The molecule has 2 aliphatic heterocycles. The molecule has 0 aromatic heterocycles. The first-order valence-corrected chi connectivity index (χ1v) is 12.4. The molecule has 3 aromatic carbocycles. The van der Waals surface area contributed by atoms with E-state index < -0.39 is 0 Å². The van der Waals surface area contributed by atoms with E-state index in [1.165, 1.54) is 33.5 Å². The normalized spacial score (nSPS) is 21.0. The van der Waals surface area contributed by atoms with Crippen molar-refractivity contribution in [2.24, 2.45) is 0 Å². The first kappa shape index (κ1) is 23.0. The number of anilines is 1. The van der Waals surface area contributed by atoms with Crippen LogP contribution in [0.3, 0.4) is 0 Å². The van der Waals surface area contributed by atoms with E-state index in [9.17, 15) is 0 Å². The molecule has 1 aliphatic carbocycles. The summed E-state index contributed by atoms with van der Waals surface area (Å²) in [6.07, 6.45) is 0. The van der Waals surface area contributed by atoms with Gasteiger partial charge < -0.3 is 23.8 Å². The fourth-order valence-corrected chi connectivity index (χ4v) is 5.81. The van der Waals surface area contributed by atoms with Gasteiger partial charge in [-0.3, -0.25) is 4.90 Å². The van der Waals surface area contributed by atoms with Crippen molar-refractivity contribution in [1.82, 2.24) is 4.90 Å². The molecule has 0 N–H and O–H groups in total. The molecule has 186 valence electrons. The molecule has 0 radical (unpaired) electrons. The van der Waals surface area contributed by atoms with Gasteiger partial charge in [-0.15, -0.1) is 0 Å². The quantitative estimate of drug-likeness (QED) is 0.507. The molecule has 1 unspecified atom stereocenters. The lowest BCUT2D eigenvalue weighted by Crippen LogP contribution is -2.49. The van der Waals surface area contributed by atoms with Crippen molar-refractivity contribution < 1.29 is 18.9 Å². The third-order valence-corrected chi connectivity index (χ3v) is 7.74. The number of hydrogen-bond donors (Lipinski definition) is 0. The summed E-state index contributed by atoms with van der Waals surface area (Å²) >= 11 is 0. The molecule has 1 fully saturated rings. The number of ether oxygens (including phenoxy) is 4. The van der Waals surface area contributed by atoms with Crippen molar-refractivity contribution in [3.05, 3.63) is 82.9 Å². The summed E-state index contributed by atoms with van der Waals surface area (Å²) in [6.45, 7) is 5.78. The summed E-state index contributed by atoms with van der Waals surface area (Å²) in [6, 6.07) is 21.6. The second kappa shape index (κ2) is 8.87. The van der Waals surface area contributed by atoms with Crippen LogP contribution in [0.15, 0.2) is 60.7 Å². The predicted molar refractivity (Wildman–Crippen MR) is 142 cm³/mol. The SMILES string of the molecule is COc1ccc(C2=C(c3ccc(N(C)C)cc3)C(C)(N3CCOCC3)c3cc4c(cc32)OCO4)cc1. The summed E-state index contributed by atoms with van der Waals surface area (Å²) in [5.74, 6) is 2.45. The summed E-state index contributed by atoms with van der Waals surface area (Å²) in [4.78, 5) is 4.69. The predicted octanol–water partition coefficient (Wildman–Crippen LogP) is 5.01. The third kappa shape index (κ3) is 3.55. The van der Waals surface area contributed by atoms with Crippen LogP contribution in [-0.2, 0) is 10.3 Å². The van der Waals surface area contributed by atoms with Gasteiger partial charge in [0.2, 0.25) is 6.79 Å². The first-order valence-electron chi connectivity index (χ1n) is 12.4. The molecule has 2 heterocycles. The molecule has 1 saturated heterocycles. The maximum Gasteiger partial charge on any atom is 0.231 e. The van der Waals surface area contributed by atoms with Crippen LogP contribution in [0.2, 0.25) is 0 Å². The van der Waals surface area contributed by atoms with E-state index in [0.29, 0.717) is 0 Å². The van der Waals surface area contributed by atoms with Gasteiger partial charge in [-0.25, -0.2) is 0 Å². The Morgan fingerprint density at radius 3 is 2.14 bits per heavy atom. The van der Waals surface area contributed by atoms with Crippen LogP contribution in [0, 0.1) is 0 Å². The van der Waals surface area contributed by atoms with E-state index in [0.717, 1.165) is 49.1 Å². The zero-order valence-corrected chi connectivity index (χ0v) is 21.3. The molecule has 0 spiro atoms. The smallest absolute Gasteiger partial charge is 0.231 e. The largest absolute Gasteiger partial charge is 0.497 e. The number of nitrogens with zero attached hydrogens (tertiary/aromatic N) is 2. The average Bonchev–Trinajstić information content (AvgIpc) is 3.48. The maximum atomic E-state index is 5.85. The van der Waals surface area contributed by atoms with Gasteiger partial charge in [0.15, 0.2) is 11.5 Å². The summed E-state index contributed by atoms with van der Waals surface area (Å²) in [5.41, 5.74) is 8.11. The van der Waals surface area contributed by atoms with Crippen LogP contribution in [0.5, 0.6) is 17.2 Å². The van der Waals surface area contributed by atoms with Gasteiger partial charge >= 0.3 is 0 Å².